The summed E-state index contributed by atoms with van der Waals surface area (Å²) in [7, 11) is 3.31. The van der Waals surface area contributed by atoms with E-state index in [9.17, 15) is 5.11 Å². The van der Waals surface area contributed by atoms with Gasteiger partial charge in [-0.05, 0) is 48.1 Å². The van der Waals surface area contributed by atoms with Crippen LogP contribution in [0.25, 0.3) is 11.1 Å². The highest BCUT2D eigenvalue weighted by Gasteiger charge is 2.26. The second-order valence-electron chi connectivity index (χ2n) is 7.61. The predicted octanol–water partition coefficient (Wildman–Crippen LogP) is 4.90. The lowest BCUT2D eigenvalue weighted by Crippen LogP contribution is -2.17. The van der Waals surface area contributed by atoms with Gasteiger partial charge in [-0.15, -0.1) is 0 Å². The fourth-order valence-corrected chi connectivity index (χ4v) is 2.95. The van der Waals surface area contributed by atoms with Gasteiger partial charge < -0.3 is 14.6 Å². The molecule has 0 heterocycles. The lowest BCUT2D eigenvalue weighted by atomic mass is 9.82. The van der Waals surface area contributed by atoms with Crippen LogP contribution in [0.3, 0.4) is 0 Å². The molecule has 2 rings (SSSR count). The SMILES string of the molecule is COc1cc(-c2ccccc2C(C)(C)O)cc(C(C)(C)C)c1OC. The summed E-state index contributed by atoms with van der Waals surface area (Å²) in [5.74, 6) is 1.46. The van der Waals surface area contributed by atoms with E-state index < -0.39 is 5.60 Å². The maximum atomic E-state index is 10.5. The van der Waals surface area contributed by atoms with Crippen molar-refractivity contribution in [2.24, 2.45) is 0 Å². The molecule has 130 valence electrons. The molecule has 0 aromatic heterocycles. The highest BCUT2D eigenvalue weighted by molar-refractivity contribution is 5.73. The maximum Gasteiger partial charge on any atom is 0.164 e. The molecule has 2 aromatic rings. The molecular weight excluding hydrogens is 300 g/mol. The third kappa shape index (κ3) is 3.57. The van der Waals surface area contributed by atoms with E-state index in [2.05, 4.69) is 26.8 Å². The van der Waals surface area contributed by atoms with Gasteiger partial charge in [0.15, 0.2) is 11.5 Å². The highest BCUT2D eigenvalue weighted by atomic mass is 16.5. The third-order valence-electron chi connectivity index (χ3n) is 4.18. The maximum absolute atomic E-state index is 10.5. The third-order valence-corrected chi connectivity index (χ3v) is 4.18. The Morgan fingerprint density at radius 3 is 1.96 bits per heavy atom. The summed E-state index contributed by atoms with van der Waals surface area (Å²) < 4.78 is 11.2. The molecule has 3 nitrogen and oxygen atoms in total. The Morgan fingerprint density at radius 1 is 0.833 bits per heavy atom. The molecule has 24 heavy (non-hydrogen) atoms. The normalized spacial score (nSPS) is 12.2. The lowest BCUT2D eigenvalue weighted by Gasteiger charge is -2.26. The molecule has 0 spiro atoms. The van der Waals surface area contributed by atoms with Crippen molar-refractivity contribution in [2.45, 2.75) is 45.6 Å². The molecule has 0 radical (unpaired) electrons. The Kier molecular flexibility index (Phi) is 4.95. The topological polar surface area (TPSA) is 38.7 Å². The Balaban J connectivity index is 2.78. The Bertz CT molecular complexity index is 719. The first-order valence-corrected chi connectivity index (χ1v) is 8.18. The van der Waals surface area contributed by atoms with Gasteiger partial charge in [0.1, 0.15) is 0 Å². The molecule has 2 aromatic carbocycles. The van der Waals surface area contributed by atoms with Gasteiger partial charge in [0.05, 0.1) is 19.8 Å². The molecule has 0 bridgehead atoms. The molecule has 0 saturated carbocycles. The number of benzene rings is 2. The quantitative estimate of drug-likeness (QED) is 0.868. The average Bonchev–Trinajstić information content (AvgIpc) is 2.51. The number of aliphatic hydroxyl groups is 1. The molecular formula is C21H28O3. The zero-order valence-corrected chi connectivity index (χ0v) is 15.7. The molecule has 0 aliphatic carbocycles. The molecule has 1 N–H and O–H groups in total. The molecule has 0 unspecified atom stereocenters. The number of hydrogen-bond donors (Lipinski definition) is 1. The number of hydrogen-bond acceptors (Lipinski definition) is 3. The summed E-state index contributed by atoms with van der Waals surface area (Å²) in [5, 5.41) is 10.5. The van der Waals surface area contributed by atoms with Crippen LogP contribution in [0, 0.1) is 0 Å². The van der Waals surface area contributed by atoms with Crippen molar-refractivity contribution in [3.8, 4) is 22.6 Å². The van der Waals surface area contributed by atoms with E-state index in [1.54, 1.807) is 28.1 Å². The second-order valence-corrected chi connectivity index (χ2v) is 7.61. The highest BCUT2D eigenvalue weighted by Crippen LogP contribution is 2.43. The van der Waals surface area contributed by atoms with Gasteiger partial charge in [0.25, 0.3) is 0 Å². The monoisotopic (exact) mass is 328 g/mol. The summed E-state index contributed by atoms with van der Waals surface area (Å²) in [4.78, 5) is 0. The van der Waals surface area contributed by atoms with Crippen LogP contribution in [0.15, 0.2) is 36.4 Å². The first-order valence-electron chi connectivity index (χ1n) is 8.18. The van der Waals surface area contributed by atoms with Crippen LogP contribution < -0.4 is 9.47 Å². The molecule has 0 aliphatic heterocycles. The molecule has 0 aliphatic rings. The largest absolute Gasteiger partial charge is 0.493 e. The van der Waals surface area contributed by atoms with Crippen molar-refractivity contribution in [1.29, 1.82) is 0 Å². The summed E-state index contributed by atoms with van der Waals surface area (Å²) in [5.41, 5.74) is 2.94. The van der Waals surface area contributed by atoms with E-state index in [-0.39, 0.29) is 5.41 Å². The summed E-state index contributed by atoms with van der Waals surface area (Å²) in [6, 6.07) is 12.0. The van der Waals surface area contributed by atoms with E-state index in [1.165, 1.54) is 0 Å². The Morgan fingerprint density at radius 2 is 1.46 bits per heavy atom. The Labute approximate surface area is 145 Å². The Hall–Kier alpha value is -2.00. The first kappa shape index (κ1) is 18.3. The minimum absolute atomic E-state index is 0.0989. The molecule has 0 fully saturated rings. The summed E-state index contributed by atoms with van der Waals surface area (Å²) in [6.07, 6.45) is 0. The van der Waals surface area contributed by atoms with E-state index in [0.717, 1.165) is 28.0 Å². The first-order chi connectivity index (χ1) is 11.1. The predicted molar refractivity (Wildman–Crippen MR) is 98.9 cm³/mol. The van der Waals surface area contributed by atoms with Crippen molar-refractivity contribution in [2.75, 3.05) is 14.2 Å². The van der Waals surface area contributed by atoms with E-state index in [0.29, 0.717) is 5.75 Å². The fraction of sp³-hybridized carbons (Fsp3) is 0.429. The van der Waals surface area contributed by atoms with Gasteiger partial charge in [-0.1, -0.05) is 45.0 Å². The van der Waals surface area contributed by atoms with Gasteiger partial charge in [-0.2, -0.15) is 0 Å². The van der Waals surface area contributed by atoms with Crippen LogP contribution in [-0.4, -0.2) is 19.3 Å². The molecule has 0 atom stereocenters. The van der Waals surface area contributed by atoms with Gasteiger partial charge in [-0.3, -0.25) is 0 Å². The molecule has 3 heteroatoms. The van der Waals surface area contributed by atoms with E-state index in [1.807, 2.05) is 30.3 Å². The zero-order chi connectivity index (χ0) is 18.1. The van der Waals surface area contributed by atoms with Gasteiger partial charge in [0, 0.05) is 5.56 Å². The molecule has 0 amide bonds. The van der Waals surface area contributed by atoms with Crippen LogP contribution in [0.1, 0.15) is 45.7 Å². The van der Waals surface area contributed by atoms with Gasteiger partial charge in [0.2, 0.25) is 0 Å². The van der Waals surface area contributed by atoms with Gasteiger partial charge >= 0.3 is 0 Å². The smallest absolute Gasteiger partial charge is 0.164 e. The van der Waals surface area contributed by atoms with E-state index >= 15 is 0 Å². The van der Waals surface area contributed by atoms with Crippen LogP contribution in [0.5, 0.6) is 11.5 Å². The van der Waals surface area contributed by atoms with Crippen molar-refractivity contribution in [1.82, 2.24) is 0 Å². The number of methoxy groups -OCH3 is 2. The van der Waals surface area contributed by atoms with Crippen LogP contribution in [0.2, 0.25) is 0 Å². The second kappa shape index (κ2) is 6.48. The van der Waals surface area contributed by atoms with Crippen molar-refractivity contribution in [3.63, 3.8) is 0 Å². The van der Waals surface area contributed by atoms with Crippen LogP contribution >= 0.6 is 0 Å². The van der Waals surface area contributed by atoms with Gasteiger partial charge in [-0.25, -0.2) is 0 Å². The van der Waals surface area contributed by atoms with Crippen molar-refractivity contribution in [3.05, 3.63) is 47.5 Å². The lowest BCUT2D eigenvalue weighted by molar-refractivity contribution is 0.0792. The average molecular weight is 328 g/mol. The zero-order valence-electron chi connectivity index (χ0n) is 15.7. The molecule has 0 saturated heterocycles. The van der Waals surface area contributed by atoms with Crippen molar-refractivity contribution >= 4 is 0 Å². The standard InChI is InChI=1S/C21H28O3/c1-20(2,3)17-12-14(13-18(23-6)19(17)24-7)15-10-8-9-11-16(15)21(4,5)22/h8-13,22H,1-7H3. The number of rotatable bonds is 4. The van der Waals surface area contributed by atoms with Crippen LogP contribution in [-0.2, 0) is 11.0 Å². The van der Waals surface area contributed by atoms with Crippen molar-refractivity contribution < 1.29 is 14.6 Å². The van der Waals surface area contributed by atoms with E-state index in [4.69, 9.17) is 9.47 Å². The number of ether oxygens (including phenoxy) is 2. The minimum Gasteiger partial charge on any atom is -0.493 e. The fourth-order valence-electron chi connectivity index (χ4n) is 2.95. The summed E-state index contributed by atoms with van der Waals surface area (Å²) >= 11 is 0. The van der Waals surface area contributed by atoms with Crippen LogP contribution in [0.4, 0.5) is 0 Å². The minimum atomic E-state index is -0.925. The summed E-state index contributed by atoms with van der Waals surface area (Å²) in [6.45, 7) is 10.1.